The fourth-order valence-corrected chi connectivity index (χ4v) is 1.98. The Kier molecular flexibility index (Phi) is 7.25. The molecule has 0 heterocycles. The van der Waals surface area contributed by atoms with Gasteiger partial charge in [-0.05, 0) is 38.0 Å². The summed E-state index contributed by atoms with van der Waals surface area (Å²) >= 11 is 3.28. The van der Waals surface area contributed by atoms with Crippen LogP contribution in [0.25, 0.3) is 0 Å². The Morgan fingerprint density at radius 1 is 1.35 bits per heavy atom. The molecule has 0 bridgehead atoms. The molecule has 3 N–H and O–H groups in total. The van der Waals surface area contributed by atoms with Crippen LogP contribution in [-0.2, 0) is 4.79 Å². The van der Waals surface area contributed by atoms with Crippen molar-refractivity contribution in [2.75, 3.05) is 13.1 Å². The number of amides is 2. The molecular formula is C14H19BrN2O3. The molecule has 0 saturated heterocycles. The lowest BCUT2D eigenvalue weighted by Gasteiger charge is -2.08. The molecule has 20 heavy (non-hydrogen) atoms. The van der Waals surface area contributed by atoms with Crippen molar-refractivity contribution in [1.82, 2.24) is 10.6 Å². The average Bonchev–Trinajstić information content (AvgIpc) is 2.40. The lowest BCUT2D eigenvalue weighted by Crippen LogP contribution is -2.37. The highest BCUT2D eigenvalue weighted by Gasteiger charge is 2.08. The Hall–Kier alpha value is -1.40. The van der Waals surface area contributed by atoms with Crippen molar-refractivity contribution >= 4 is 27.7 Å². The second-order valence-electron chi connectivity index (χ2n) is 4.53. The van der Waals surface area contributed by atoms with Crippen molar-refractivity contribution < 1.29 is 14.7 Å². The molecule has 0 aromatic heterocycles. The van der Waals surface area contributed by atoms with Crippen LogP contribution in [0.2, 0.25) is 0 Å². The zero-order chi connectivity index (χ0) is 15.0. The monoisotopic (exact) mass is 342 g/mol. The number of carbonyl (C=O) groups is 2. The summed E-state index contributed by atoms with van der Waals surface area (Å²) < 4.78 is 0.813. The van der Waals surface area contributed by atoms with Gasteiger partial charge in [0, 0.05) is 16.6 Å². The summed E-state index contributed by atoms with van der Waals surface area (Å²) in [5.74, 6) is -0.524. The van der Waals surface area contributed by atoms with Gasteiger partial charge in [-0.1, -0.05) is 22.0 Å². The Labute approximate surface area is 126 Å². The van der Waals surface area contributed by atoms with E-state index in [0.717, 1.165) is 4.47 Å². The fourth-order valence-electron chi connectivity index (χ4n) is 1.58. The van der Waals surface area contributed by atoms with E-state index in [1.54, 1.807) is 25.1 Å². The van der Waals surface area contributed by atoms with Crippen LogP contribution in [0.1, 0.15) is 30.1 Å². The summed E-state index contributed by atoms with van der Waals surface area (Å²) in [7, 11) is 0. The second kappa shape index (κ2) is 8.71. The molecule has 0 spiro atoms. The Morgan fingerprint density at radius 2 is 2.10 bits per heavy atom. The van der Waals surface area contributed by atoms with Crippen LogP contribution in [0.3, 0.4) is 0 Å². The molecular weight excluding hydrogens is 324 g/mol. The highest BCUT2D eigenvalue weighted by Crippen LogP contribution is 2.11. The van der Waals surface area contributed by atoms with E-state index in [4.69, 9.17) is 5.11 Å². The van der Waals surface area contributed by atoms with E-state index in [1.807, 2.05) is 6.07 Å². The number of nitrogens with one attached hydrogen (secondary N) is 2. The predicted molar refractivity (Wildman–Crippen MR) is 80.4 cm³/mol. The molecule has 1 aromatic rings. The first-order valence-corrected chi connectivity index (χ1v) is 7.27. The Balaban J connectivity index is 2.25. The second-order valence-corrected chi connectivity index (χ2v) is 5.45. The van der Waals surface area contributed by atoms with Gasteiger partial charge in [-0.2, -0.15) is 0 Å². The minimum atomic E-state index is -0.358. The summed E-state index contributed by atoms with van der Waals surface area (Å²) in [6.07, 6.45) is 0.997. The summed E-state index contributed by atoms with van der Waals surface area (Å²) in [6.45, 7) is 2.15. The van der Waals surface area contributed by atoms with Gasteiger partial charge in [-0.15, -0.1) is 0 Å². The van der Waals surface area contributed by atoms with Crippen LogP contribution in [0.4, 0.5) is 0 Å². The molecule has 2 amide bonds. The molecule has 1 aromatic carbocycles. The van der Waals surface area contributed by atoms with Crippen LogP contribution >= 0.6 is 15.9 Å². The third kappa shape index (κ3) is 6.68. The summed E-state index contributed by atoms with van der Waals surface area (Å²) in [5.41, 5.74) is 0.501. The molecule has 5 nitrogen and oxygen atoms in total. The number of hydrogen-bond donors (Lipinski definition) is 3. The smallest absolute Gasteiger partial charge is 0.251 e. The van der Waals surface area contributed by atoms with Crippen LogP contribution < -0.4 is 10.6 Å². The molecule has 0 fully saturated rings. The standard InChI is InChI=1S/C14H19BrN2O3/c1-10(18)4-3-7-16-13(19)9-17-14(20)11-5-2-6-12(15)8-11/h2,5-6,8,10,18H,3-4,7,9H2,1H3,(H,16,19)(H,17,20). The van der Waals surface area contributed by atoms with Crippen LogP contribution in [-0.4, -0.2) is 36.1 Å². The van der Waals surface area contributed by atoms with Crippen molar-refractivity contribution in [1.29, 1.82) is 0 Å². The van der Waals surface area contributed by atoms with Crippen molar-refractivity contribution in [3.05, 3.63) is 34.3 Å². The van der Waals surface area contributed by atoms with E-state index in [9.17, 15) is 9.59 Å². The predicted octanol–water partition coefficient (Wildman–Crippen LogP) is 1.46. The van der Waals surface area contributed by atoms with Crippen LogP contribution in [0.15, 0.2) is 28.7 Å². The topological polar surface area (TPSA) is 78.4 Å². The number of benzene rings is 1. The van der Waals surface area contributed by atoms with Crippen LogP contribution in [0.5, 0.6) is 0 Å². The first-order chi connectivity index (χ1) is 9.49. The lowest BCUT2D eigenvalue weighted by atomic mass is 10.2. The van der Waals surface area contributed by atoms with Crippen molar-refractivity contribution in [2.45, 2.75) is 25.9 Å². The average molecular weight is 343 g/mol. The van der Waals surface area contributed by atoms with Gasteiger partial charge in [0.2, 0.25) is 5.91 Å². The molecule has 0 saturated carbocycles. The zero-order valence-electron chi connectivity index (χ0n) is 11.4. The highest BCUT2D eigenvalue weighted by molar-refractivity contribution is 9.10. The van der Waals surface area contributed by atoms with Crippen molar-refractivity contribution in [3.63, 3.8) is 0 Å². The van der Waals surface area contributed by atoms with E-state index >= 15 is 0 Å². The first kappa shape index (κ1) is 16.7. The lowest BCUT2D eigenvalue weighted by molar-refractivity contribution is -0.120. The fraction of sp³-hybridized carbons (Fsp3) is 0.429. The largest absolute Gasteiger partial charge is 0.393 e. The van der Waals surface area contributed by atoms with Gasteiger partial charge < -0.3 is 15.7 Å². The van der Waals surface area contributed by atoms with Gasteiger partial charge in [0.1, 0.15) is 0 Å². The Morgan fingerprint density at radius 3 is 2.75 bits per heavy atom. The maximum Gasteiger partial charge on any atom is 0.251 e. The molecule has 0 radical (unpaired) electrons. The number of rotatable bonds is 7. The van der Waals surface area contributed by atoms with Crippen molar-refractivity contribution in [2.24, 2.45) is 0 Å². The summed E-state index contributed by atoms with van der Waals surface area (Å²) in [4.78, 5) is 23.3. The SMILES string of the molecule is CC(O)CCCNC(=O)CNC(=O)c1cccc(Br)c1. The maximum absolute atomic E-state index is 11.8. The number of hydrogen-bond acceptors (Lipinski definition) is 3. The van der Waals surface area contributed by atoms with Gasteiger partial charge in [-0.25, -0.2) is 0 Å². The molecule has 1 atom stereocenters. The van der Waals surface area contributed by atoms with E-state index in [2.05, 4.69) is 26.6 Å². The number of halogens is 1. The minimum Gasteiger partial charge on any atom is -0.393 e. The van der Waals surface area contributed by atoms with E-state index in [-0.39, 0.29) is 24.5 Å². The normalized spacial score (nSPS) is 11.8. The molecule has 0 aliphatic rings. The summed E-state index contributed by atoms with van der Waals surface area (Å²) in [6, 6.07) is 6.96. The zero-order valence-corrected chi connectivity index (χ0v) is 12.9. The highest BCUT2D eigenvalue weighted by atomic mass is 79.9. The quantitative estimate of drug-likeness (QED) is 0.656. The third-order valence-electron chi connectivity index (χ3n) is 2.62. The molecule has 1 rings (SSSR count). The van der Waals surface area contributed by atoms with Gasteiger partial charge >= 0.3 is 0 Å². The van der Waals surface area contributed by atoms with Gasteiger partial charge in [-0.3, -0.25) is 9.59 Å². The third-order valence-corrected chi connectivity index (χ3v) is 3.11. The number of carbonyl (C=O) groups excluding carboxylic acids is 2. The van der Waals surface area contributed by atoms with Gasteiger partial charge in [0.25, 0.3) is 5.91 Å². The van der Waals surface area contributed by atoms with Gasteiger partial charge in [0.05, 0.1) is 12.6 Å². The van der Waals surface area contributed by atoms with E-state index in [1.165, 1.54) is 0 Å². The number of aliphatic hydroxyl groups is 1. The maximum atomic E-state index is 11.8. The van der Waals surface area contributed by atoms with E-state index in [0.29, 0.717) is 24.9 Å². The summed E-state index contributed by atoms with van der Waals surface area (Å²) in [5, 5.41) is 14.3. The molecule has 0 aliphatic heterocycles. The molecule has 0 aliphatic carbocycles. The molecule has 110 valence electrons. The Bertz CT molecular complexity index is 463. The number of aliphatic hydroxyl groups excluding tert-OH is 1. The van der Waals surface area contributed by atoms with E-state index < -0.39 is 0 Å². The minimum absolute atomic E-state index is 0.0555. The van der Waals surface area contributed by atoms with Crippen LogP contribution in [0, 0.1) is 0 Å². The first-order valence-electron chi connectivity index (χ1n) is 6.47. The van der Waals surface area contributed by atoms with Gasteiger partial charge in [0.15, 0.2) is 0 Å². The van der Waals surface area contributed by atoms with Crippen molar-refractivity contribution in [3.8, 4) is 0 Å². The molecule has 6 heteroatoms. The molecule has 1 unspecified atom stereocenters.